The normalized spacial score (nSPS) is 23.2. The number of likely N-dealkylation sites (tertiary alicyclic amines) is 1. The highest BCUT2D eigenvalue weighted by atomic mass is 19.1. The van der Waals surface area contributed by atoms with E-state index < -0.39 is 5.82 Å². The minimum atomic E-state index is -0.449. The average molecular weight is 349 g/mol. The van der Waals surface area contributed by atoms with E-state index in [4.69, 9.17) is 11.0 Å². The van der Waals surface area contributed by atoms with Crippen LogP contribution >= 0.6 is 0 Å². The summed E-state index contributed by atoms with van der Waals surface area (Å²) in [6.45, 7) is 4.94. The fourth-order valence-corrected chi connectivity index (χ4v) is 4.09. The molecule has 2 fully saturated rings. The molecule has 2 aromatic rings. The summed E-state index contributed by atoms with van der Waals surface area (Å²) in [7, 11) is 0. The van der Waals surface area contributed by atoms with E-state index in [1.54, 1.807) is 6.07 Å². The molecule has 1 aliphatic carbocycles. The zero-order chi connectivity index (χ0) is 18.3. The summed E-state index contributed by atoms with van der Waals surface area (Å²) in [4.78, 5) is 2.42. The molecule has 1 atom stereocenters. The van der Waals surface area contributed by atoms with E-state index in [1.807, 2.05) is 12.1 Å². The topological polar surface area (TPSA) is 53.0 Å². The molecule has 2 aromatic carbocycles. The maximum absolute atomic E-state index is 14.2. The van der Waals surface area contributed by atoms with Crippen LogP contribution in [0.4, 0.5) is 4.39 Å². The smallest absolute Gasteiger partial charge is 0.141 e. The van der Waals surface area contributed by atoms with Crippen molar-refractivity contribution in [1.29, 1.82) is 5.26 Å². The van der Waals surface area contributed by atoms with Crippen molar-refractivity contribution in [3.8, 4) is 17.2 Å². The van der Waals surface area contributed by atoms with Gasteiger partial charge in [0.15, 0.2) is 0 Å². The first-order valence-corrected chi connectivity index (χ1v) is 9.30. The number of rotatable bonds is 4. The molecule has 1 aliphatic heterocycles. The van der Waals surface area contributed by atoms with Crippen LogP contribution in [0.25, 0.3) is 11.1 Å². The molecule has 2 N–H and O–H groups in total. The van der Waals surface area contributed by atoms with Crippen LogP contribution in [0.3, 0.4) is 0 Å². The van der Waals surface area contributed by atoms with Crippen molar-refractivity contribution >= 4 is 0 Å². The summed E-state index contributed by atoms with van der Waals surface area (Å²) in [5.41, 5.74) is 10.9. The summed E-state index contributed by atoms with van der Waals surface area (Å²) in [5, 5.41) is 8.97. The first-order valence-electron chi connectivity index (χ1n) is 9.30. The first kappa shape index (κ1) is 17.2. The van der Waals surface area contributed by atoms with Gasteiger partial charge in [-0.15, -0.1) is 0 Å². The lowest BCUT2D eigenvalue weighted by molar-refractivity contribution is 0.309. The maximum atomic E-state index is 14.2. The molecule has 4 heteroatoms. The lowest BCUT2D eigenvalue weighted by Crippen LogP contribution is -2.39. The molecule has 1 saturated carbocycles. The second kappa shape index (κ2) is 6.50. The Morgan fingerprint density at radius 1 is 1.31 bits per heavy atom. The third kappa shape index (κ3) is 3.38. The highest BCUT2D eigenvalue weighted by Crippen LogP contribution is 2.46. The fraction of sp³-hybridized carbons (Fsp3) is 0.409. The Balaban J connectivity index is 1.70. The van der Waals surface area contributed by atoms with Crippen molar-refractivity contribution < 1.29 is 4.39 Å². The molecule has 1 heterocycles. The van der Waals surface area contributed by atoms with Crippen LogP contribution in [-0.2, 0) is 6.54 Å². The third-order valence-corrected chi connectivity index (χ3v) is 5.56. The number of benzene rings is 2. The Morgan fingerprint density at radius 3 is 2.73 bits per heavy atom. The Kier molecular flexibility index (Phi) is 4.30. The molecular formula is C22H24FN3. The minimum absolute atomic E-state index is 0.0946. The number of nitrogens with zero attached hydrogens (tertiary/aromatic N) is 2. The van der Waals surface area contributed by atoms with Gasteiger partial charge in [-0.2, -0.15) is 5.26 Å². The van der Waals surface area contributed by atoms with Crippen LogP contribution in [0, 0.1) is 17.1 Å². The van der Waals surface area contributed by atoms with E-state index in [0.717, 1.165) is 37.2 Å². The molecule has 4 rings (SSSR count). The Labute approximate surface area is 154 Å². The lowest BCUT2D eigenvalue weighted by Gasteiger charge is -2.22. The average Bonchev–Trinajstić information content (AvgIpc) is 3.38. The van der Waals surface area contributed by atoms with E-state index in [-0.39, 0.29) is 11.1 Å². The van der Waals surface area contributed by atoms with Crippen molar-refractivity contribution in [3.63, 3.8) is 0 Å². The largest absolute Gasteiger partial charge is 0.324 e. The first-order chi connectivity index (χ1) is 12.5. The van der Waals surface area contributed by atoms with Gasteiger partial charge in [-0.25, -0.2) is 4.39 Å². The van der Waals surface area contributed by atoms with E-state index in [2.05, 4.69) is 30.0 Å². The summed E-state index contributed by atoms with van der Waals surface area (Å²) in [5.74, 6) is 0.113. The quantitative estimate of drug-likeness (QED) is 0.901. The van der Waals surface area contributed by atoms with Crippen LogP contribution in [0.15, 0.2) is 36.4 Å². The molecule has 0 aromatic heterocycles. The summed E-state index contributed by atoms with van der Waals surface area (Å²) in [6, 6.07) is 13.2. The molecule has 134 valence electrons. The molecule has 26 heavy (non-hydrogen) atoms. The van der Waals surface area contributed by atoms with Gasteiger partial charge < -0.3 is 5.73 Å². The molecule has 1 saturated heterocycles. The van der Waals surface area contributed by atoms with Crippen molar-refractivity contribution in [2.75, 3.05) is 13.1 Å². The van der Waals surface area contributed by atoms with Crippen LogP contribution in [0.1, 0.15) is 48.8 Å². The van der Waals surface area contributed by atoms with Gasteiger partial charge in [0.2, 0.25) is 0 Å². The zero-order valence-corrected chi connectivity index (χ0v) is 15.1. The third-order valence-electron chi connectivity index (χ3n) is 5.56. The minimum Gasteiger partial charge on any atom is -0.324 e. The molecule has 0 amide bonds. The molecule has 0 unspecified atom stereocenters. The number of hydrogen-bond acceptors (Lipinski definition) is 3. The van der Waals surface area contributed by atoms with E-state index in [9.17, 15) is 4.39 Å². The predicted molar refractivity (Wildman–Crippen MR) is 101 cm³/mol. The van der Waals surface area contributed by atoms with Crippen molar-refractivity contribution in [1.82, 2.24) is 4.90 Å². The molecule has 0 bridgehead atoms. The Morgan fingerprint density at radius 2 is 2.12 bits per heavy atom. The van der Waals surface area contributed by atoms with Gasteiger partial charge in [0.1, 0.15) is 11.9 Å². The van der Waals surface area contributed by atoms with Crippen molar-refractivity contribution in [2.24, 2.45) is 5.73 Å². The van der Waals surface area contributed by atoms with Crippen molar-refractivity contribution in [2.45, 2.75) is 44.2 Å². The SMILES string of the molecule is C[C@]1(N)CCN(Cc2cccc(-c3ccc(C#N)c(F)c3)c2C2CC2)C1. The summed E-state index contributed by atoms with van der Waals surface area (Å²) >= 11 is 0. The predicted octanol–water partition coefficient (Wildman–Crippen LogP) is 4.16. The highest BCUT2D eigenvalue weighted by Gasteiger charge is 2.33. The maximum Gasteiger partial charge on any atom is 0.141 e. The molecule has 0 spiro atoms. The number of hydrogen-bond donors (Lipinski definition) is 1. The van der Waals surface area contributed by atoms with Gasteiger partial charge in [0, 0.05) is 25.2 Å². The van der Waals surface area contributed by atoms with E-state index >= 15 is 0 Å². The summed E-state index contributed by atoms with van der Waals surface area (Å²) < 4.78 is 14.2. The van der Waals surface area contributed by atoms with Crippen molar-refractivity contribution in [3.05, 3.63) is 58.9 Å². The number of halogens is 1. The Bertz CT molecular complexity index is 877. The zero-order valence-electron chi connectivity index (χ0n) is 15.1. The van der Waals surface area contributed by atoms with Crippen LogP contribution in [0.2, 0.25) is 0 Å². The van der Waals surface area contributed by atoms with Gasteiger partial charge in [-0.3, -0.25) is 4.90 Å². The standard InChI is InChI=1S/C22H24FN3/c1-22(25)9-10-26(14-22)13-18-3-2-4-19(21(18)15-5-6-15)16-7-8-17(12-24)20(23)11-16/h2-4,7-8,11,15H,5-6,9-10,13-14,25H2,1H3/t22-/m0/s1. The Hall–Kier alpha value is -2.22. The lowest BCUT2D eigenvalue weighted by atomic mass is 9.91. The monoisotopic (exact) mass is 349 g/mol. The highest BCUT2D eigenvalue weighted by molar-refractivity contribution is 5.71. The number of nitrogens with two attached hydrogens (primary N) is 1. The van der Waals surface area contributed by atoms with Gasteiger partial charge in [0.25, 0.3) is 0 Å². The van der Waals surface area contributed by atoms with Gasteiger partial charge in [-0.05, 0) is 66.5 Å². The van der Waals surface area contributed by atoms with E-state index in [0.29, 0.717) is 5.92 Å². The fourth-order valence-electron chi connectivity index (χ4n) is 4.09. The second-order valence-electron chi connectivity index (χ2n) is 8.07. The molecule has 2 aliphatic rings. The van der Waals surface area contributed by atoms with Crippen LogP contribution in [0.5, 0.6) is 0 Å². The molecule has 0 radical (unpaired) electrons. The van der Waals surface area contributed by atoms with Crippen LogP contribution in [-0.4, -0.2) is 23.5 Å². The van der Waals surface area contributed by atoms with E-state index in [1.165, 1.54) is 30.0 Å². The molecule has 3 nitrogen and oxygen atoms in total. The number of nitriles is 1. The van der Waals surface area contributed by atoms with Gasteiger partial charge in [-0.1, -0.05) is 24.3 Å². The summed E-state index contributed by atoms with van der Waals surface area (Å²) in [6.07, 6.45) is 3.40. The molecular weight excluding hydrogens is 325 g/mol. The van der Waals surface area contributed by atoms with Crippen LogP contribution < -0.4 is 5.73 Å². The second-order valence-corrected chi connectivity index (χ2v) is 8.07. The van der Waals surface area contributed by atoms with Gasteiger partial charge >= 0.3 is 0 Å². The van der Waals surface area contributed by atoms with Gasteiger partial charge in [0.05, 0.1) is 5.56 Å².